The first kappa shape index (κ1) is 29.0. The molecule has 0 aromatic heterocycles. The van der Waals surface area contributed by atoms with E-state index in [0.717, 1.165) is 34.7 Å². The number of carbonyl (C=O) groups is 2. The second-order valence-corrected chi connectivity index (χ2v) is 12.3. The van der Waals surface area contributed by atoms with Crippen molar-refractivity contribution >= 4 is 30.5 Å². The topological polar surface area (TPSA) is 71.1 Å². The Morgan fingerprint density at radius 1 is 0.927 bits per heavy atom. The first-order valence-electron chi connectivity index (χ1n) is 14.2. The zero-order valence-electron chi connectivity index (χ0n) is 24.5. The molecule has 7 nitrogen and oxygen atoms in total. The van der Waals surface area contributed by atoms with Crippen LogP contribution in [0, 0.1) is 13.8 Å². The number of anilines is 1. The Morgan fingerprint density at radius 3 is 2.10 bits per heavy atom. The summed E-state index contributed by atoms with van der Waals surface area (Å²) < 4.78 is 11.3. The average Bonchev–Trinajstić information content (AvgIpc) is 3.26. The molecule has 2 amide bonds. The molecule has 2 aliphatic rings. The number of rotatable bonds is 5. The molecule has 3 aromatic carbocycles. The summed E-state index contributed by atoms with van der Waals surface area (Å²) in [6.45, 7) is 13.3. The Balaban J connectivity index is 1.22. The highest BCUT2D eigenvalue weighted by atomic mass is 32.1. The SMILES string of the molecule is Cc1c(CN2CCN(C(=O)OC(C)(C)C)CC2)cc(NC(=O)OCC2c3ccccc3-c3ccccc32)c(C)c1S. The lowest BCUT2D eigenvalue weighted by Gasteiger charge is -2.36. The van der Waals surface area contributed by atoms with E-state index in [4.69, 9.17) is 22.1 Å². The number of fused-ring (bicyclic) bond motifs is 3. The van der Waals surface area contributed by atoms with Gasteiger partial charge in [0.05, 0.1) is 0 Å². The molecule has 41 heavy (non-hydrogen) atoms. The van der Waals surface area contributed by atoms with Crippen LogP contribution in [0.4, 0.5) is 15.3 Å². The zero-order valence-corrected chi connectivity index (χ0v) is 25.4. The van der Waals surface area contributed by atoms with E-state index in [0.29, 0.717) is 25.3 Å². The van der Waals surface area contributed by atoms with Gasteiger partial charge in [-0.15, -0.1) is 12.6 Å². The van der Waals surface area contributed by atoms with Crippen molar-refractivity contribution in [3.05, 3.63) is 82.4 Å². The standard InChI is InChI=1S/C33H39N3O4S/c1-21-23(19-35-14-16-36(17-15-35)32(38)40-33(3,4)5)18-29(22(2)30(21)41)34-31(37)39-20-28-26-12-8-6-10-24(26)25-11-7-9-13-27(25)28/h6-13,18,28,41H,14-17,19-20H2,1-5H3,(H,34,37). The molecule has 3 aromatic rings. The molecular weight excluding hydrogens is 534 g/mol. The van der Waals surface area contributed by atoms with Crippen molar-refractivity contribution in [1.82, 2.24) is 9.80 Å². The van der Waals surface area contributed by atoms with E-state index >= 15 is 0 Å². The molecule has 0 atom stereocenters. The van der Waals surface area contributed by atoms with Gasteiger partial charge in [-0.25, -0.2) is 9.59 Å². The molecule has 8 heteroatoms. The number of piperazine rings is 1. The van der Waals surface area contributed by atoms with Gasteiger partial charge in [-0.05, 0) is 79.6 Å². The Bertz CT molecular complexity index is 1410. The predicted molar refractivity (Wildman–Crippen MR) is 165 cm³/mol. The Morgan fingerprint density at radius 2 is 1.51 bits per heavy atom. The number of hydrogen-bond donors (Lipinski definition) is 2. The Labute approximate surface area is 248 Å². The number of nitrogens with one attached hydrogen (secondary N) is 1. The van der Waals surface area contributed by atoms with Gasteiger partial charge >= 0.3 is 12.2 Å². The molecule has 1 N–H and O–H groups in total. The molecule has 5 rings (SSSR count). The van der Waals surface area contributed by atoms with E-state index in [1.54, 1.807) is 4.90 Å². The largest absolute Gasteiger partial charge is 0.448 e. The minimum Gasteiger partial charge on any atom is -0.448 e. The predicted octanol–water partition coefficient (Wildman–Crippen LogP) is 7.01. The molecule has 1 heterocycles. The highest BCUT2D eigenvalue weighted by Crippen LogP contribution is 2.44. The number of amides is 2. The Hall–Kier alpha value is -3.49. The maximum Gasteiger partial charge on any atom is 0.411 e. The van der Waals surface area contributed by atoms with Gasteiger partial charge < -0.3 is 14.4 Å². The van der Waals surface area contributed by atoms with Crippen molar-refractivity contribution in [3.63, 3.8) is 0 Å². The highest BCUT2D eigenvalue weighted by molar-refractivity contribution is 7.80. The minimum atomic E-state index is -0.507. The van der Waals surface area contributed by atoms with E-state index < -0.39 is 11.7 Å². The third-order valence-corrected chi connectivity index (χ3v) is 8.58. The molecule has 0 radical (unpaired) electrons. The minimum absolute atomic E-state index is 0.00242. The third kappa shape index (κ3) is 6.39. The molecule has 216 valence electrons. The van der Waals surface area contributed by atoms with Crippen molar-refractivity contribution in [2.45, 2.75) is 57.6 Å². The van der Waals surface area contributed by atoms with Gasteiger partial charge in [0.15, 0.2) is 0 Å². The Kier molecular flexibility index (Phi) is 8.34. The van der Waals surface area contributed by atoms with Crippen LogP contribution >= 0.6 is 12.6 Å². The van der Waals surface area contributed by atoms with Gasteiger partial charge in [-0.2, -0.15) is 0 Å². The molecule has 1 fully saturated rings. The van der Waals surface area contributed by atoms with Gasteiger partial charge in [0, 0.05) is 49.2 Å². The quantitative estimate of drug-likeness (QED) is 0.322. The number of hydrogen-bond acceptors (Lipinski definition) is 6. The summed E-state index contributed by atoms with van der Waals surface area (Å²) in [6, 6.07) is 18.6. The van der Waals surface area contributed by atoms with Crippen LogP contribution < -0.4 is 5.32 Å². The fourth-order valence-corrected chi connectivity index (χ4v) is 5.91. The van der Waals surface area contributed by atoms with Gasteiger partial charge in [-0.3, -0.25) is 10.2 Å². The number of thiol groups is 1. The van der Waals surface area contributed by atoms with Crippen molar-refractivity contribution in [1.29, 1.82) is 0 Å². The lowest BCUT2D eigenvalue weighted by atomic mass is 9.98. The summed E-state index contributed by atoms with van der Waals surface area (Å²) in [5.41, 5.74) is 8.01. The molecule has 1 aliphatic heterocycles. The lowest BCUT2D eigenvalue weighted by molar-refractivity contribution is 0.0139. The summed E-state index contributed by atoms with van der Waals surface area (Å²) in [5.74, 6) is 0.00242. The third-order valence-electron chi connectivity index (χ3n) is 7.91. The van der Waals surface area contributed by atoms with Crippen LogP contribution in [-0.2, 0) is 16.0 Å². The van der Waals surface area contributed by atoms with Gasteiger partial charge in [0.2, 0.25) is 0 Å². The number of nitrogens with zero attached hydrogens (tertiary/aromatic N) is 2. The van der Waals surface area contributed by atoms with E-state index in [1.807, 2.05) is 58.0 Å². The van der Waals surface area contributed by atoms with Crippen molar-refractivity contribution < 1.29 is 19.1 Å². The number of ether oxygens (including phenoxy) is 2. The van der Waals surface area contributed by atoms with Crippen molar-refractivity contribution in [3.8, 4) is 11.1 Å². The van der Waals surface area contributed by atoms with Gasteiger partial charge in [0.25, 0.3) is 0 Å². The second kappa shape index (κ2) is 11.8. The van der Waals surface area contributed by atoms with Crippen LogP contribution in [0.2, 0.25) is 0 Å². The second-order valence-electron chi connectivity index (χ2n) is 11.9. The van der Waals surface area contributed by atoms with Crippen LogP contribution in [0.3, 0.4) is 0 Å². The molecule has 0 unspecified atom stereocenters. The smallest absolute Gasteiger partial charge is 0.411 e. The molecule has 0 bridgehead atoms. The summed E-state index contributed by atoms with van der Waals surface area (Å²) in [4.78, 5) is 30.4. The molecule has 0 spiro atoms. The fraction of sp³-hybridized carbons (Fsp3) is 0.394. The summed E-state index contributed by atoms with van der Waals surface area (Å²) >= 11 is 4.78. The van der Waals surface area contributed by atoms with Crippen LogP contribution in [0.15, 0.2) is 59.5 Å². The highest BCUT2D eigenvalue weighted by Gasteiger charge is 2.29. The van der Waals surface area contributed by atoms with Crippen LogP contribution in [0.5, 0.6) is 0 Å². The van der Waals surface area contributed by atoms with Gasteiger partial charge in [0.1, 0.15) is 12.2 Å². The van der Waals surface area contributed by atoms with E-state index in [1.165, 1.54) is 22.3 Å². The normalized spacial score (nSPS) is 15.3. The van der Waals surface area contributed by atoms with Crippen molar-refractivity contribution in [2.24, 2.45) is 0 Å². The zero-order chi connectivity index (χ0) is 29.3. The first-order chi connectivity index (χ1) is 19.5. The monoisotopic (exact) mass is 573 g/mol. The summed E-state index contributed by atoms with van der Waals surface area (Å²) in [5, 5.41) is 2.97. The molecule has 1 aliphatic carbocycles. The van der Waals surface area contributed by atoms with E-state index in [9.17, 15) is 9.59 Å². The first-order valence-corrected chi connectivity index (χ1v) is 14.6. The maximum absolute atomic E-state index is 13.0. The summed E-state index contributed by atoms with van der Waals surface area (Å²) in [6.07, 6.45) is -0.751. The number of benzene rings is 3. The number of carbonyl (C=O) groups excluding carboxylic acids is 2. The molecule has 1 saturated heterocycles. The maximum atomic E-state index is 13.0. The fourth-order valence-electron chi connectivity index (χ4n) is 5.65. The van der Waals surface area contributed by atoms with Crippen molar-refractivity contribution in [2.75, 3.05) is 38.1 Å². The van der Waals surface area contributed by atoms with Crippen LogP contribution in [0.1, 0.15) is 54.5 Å². The summed E-state index contributed by atoms with van der Waals surface area (Å²) in [7, 11) is 0. The van der Waals surface area contributed by atoms with E-state index in [2.05, 4.69) is 41.4 Å². The average molecular weight is 574 g/mol. The van der Waals surface area contributed by atoms with Gasteiger partial charge in [-0.1, -0.05) is 48.5 Å². The molecular formula is C33H39N3O4S. The van der Waals surface area contributed by atoms with E-state index in [-0.39, 0.29) is 18.6 Å². The molecule has 0 saturated carbocycles. The van der Waals surface area contributed by atoms with Crippen LogP contribution in [0.25, 0.3) is 11.1 Å². The van der Waals surface area contributed by atoms with Crippen LogP contribution in [-0.4, -0.2) is 60.4 Å². The lowest BCUT2D eigenvalue weighted by Crippen LogP contribution is -2.49.